The van der Waals surface area contributed by atoms with Gasteiger partial charge < -0.3 is 0 Å². The van der Waals surface area contributed by atoms with E-state index in [0.717, 1.165) is 27.4 Å². The van der Waals surface area contributed by atoms with Crippen LogP contribution in [0, 0.1) is 13.8 Å². The zero-order valence-electron chi connectivity index (χ0n) is 13.2. The Hall–Kier alpha value is -1.92. The standard InChI is InChI=1S/C17H17N3OS2/c1-10-6-7-11(2)13(9-10)15(21)12(3)23-17-18-16(19-20-17)14-5-4-8-22-14/h4-9,12H,1-3H3,(H,18,19,20). The topological polar surface area (TPSA) is 58.6 Å². The van der Waals surface area contributed by atoms with Gasteiger partial charge in [-0.2, -0.15) is 0 Å². The second-order valence-electron chi connectivity index (χ2n) is 5.39. The van der Waals surface area contributed by atoms with Crippen LogP contribution in [0.1, 0.15) is 28.4 Å². The van der Waals surface area contributed by atoms with E-state index in [-0.39, 0.29) is 11.0 Å². The molecule has 0 spiro atoms. The molecule has 6 heteroatoms. The van der Waals surface area contributed by atoms with E-state index in [1.54, 1.807) is 11.3 Å². The van der Waals surface area contributed by atoms with Gasteiger partial charge in [0.1, 0.15) is 0 Å². The van der Waals surface area contributed by atoms with Gasteiger partial charge in [-0.25, -0.2) is 4.98 Å². The van der Waals surface area contributed by atoms with Gasteiger partial charge in [-0.15, -0.1) is 16.4 Å². The lowest BCUT2D eigenvalue weighted by molar-refractivity contribution is 0.0993. The number of rotatable bonds is 5. The smallest absolute Gasteiger partial charge is 0.209 e. The number of carbonyl (C=O) groups is 1. The molecule has 2 aromatic heterocycles. The maximum atomic E-state index is 12.7. The van der Waals surface area contributed by atoms with Crippen molar-refractivity contribution in [2.24, 2.45) is 0 Å². The summed E-state index contributed by atoms with van der Waals surface area (Å²) in [7, 11) is 0. The first-order chi connectivity index (χ1) is 11.0. The second-order valence-corrected chi connectivity index (χ2v) is 7.64. The molecule has 3 rings (SSSR count). The third-order valence-corrected chi connectivity index (χ3v) is 5.37. The van der Waals surface area contributed by atoms with Crippen LogP contribution in [0.15, 0.2) is 40.9 Å². The van der Waals surface area contributed by atoms with Crippen LogP contribution in [0.4, 0.5) is 0 Å². The predicted molar refractivity (Wildman–Crippen MR) is 95.3 cm³/mol. The first kappa shape index (κ1) is 16.0. The minimum absolute atomic E-state index is 0.110. The predicted octanol–water partition coefficient (Wildman–Crippen LogP) is 4.51. The number of hydrogen-bond acceptors (Lipinski definition) is 5. The third-order valence-electron chi connectivity index (χ3n) is 3.53. The number of hydrogen-bond donors (Lipinski definition) is 1. The van der Waals surface area contributed by atoms with E-state index in [2.05, 4.69) is 15.2 Å². The monoisotopic (exact) mass is 343 g/mol. The Morgan fingerprint density at radius 1 is 1.30 bits per heavy atom. The Labute approximate surface area is 143 Å². The Morgan fingerprint density at radius 3 is 2.87 bits per heavy atom. The maximum absolute atomic E-state index is 12.7. The Balaban J connectivity index is 1.75. The quantitative estimate of drug-likeness (QED) is 0.547. The Bertz CT molecular complexity index is 824. The number of H-pyrrole nitrogens is 1. The van der Waals surface area contributed by atoms with Gasteiger partial charge in [0.2, 0.25) is 5.16 Å². The van der Waals surface area contributed by atoms with Crippen molar-refractivity contribution in [1.82, 2.24) is 15.2 Å². The van der Waals surface area contributed by atoms with Crippen LogP contribution in [0.3, 0.4) is 0 Å². The Morgan fingerprint density at radius 2 is 2.13 bits per heavy atom. The molecule has 0 radical (unpaired) electrons. The van der Waals surface area contributed by atoms with E-state index in [4.69, 9.17) is 0 Å². The van der Waals surface area contributed by atoms with Crippen LogP contribution in [0.2, 0.25) is 0 Å². The van der Waals surface area contributed by atoms with Crippen LogP contribution in [-0.2, 0) is 0 Å². The van der Waals surface area contributed by atoms with Crippen LogP contribution >= 0.6 is 23.1 Å². The molecule has 1 N–H and O–H groups in total. The number of nitrogens with one attached hydrogen (secondary N) is 1. The first-order valence-electron chi connectivity index (χ1n) is 7.29. The molecule has 0 bridgehead atoms. The van der Waals surface area contributed by atoms with Crippen molar-refractivity contribution in [2.75, 3.05) is 0 Å². The van der Waals surface area contributed by atoms with Gasteiger partial charge in [-0.1, -0.05) is 35.5 Å². The first-order valence-corrected chi connectivity index (χ1v) is 9.05. The van der Waals surface area contributed by atoms with Gasteiger partial charge in [-0.3, -0.25) is 9.89 Å². The third kappa shape index (κ3) is 3.54. The number of nitrogens with zero attached hydrogens (tertiary/aromatic N) is 2. The number of aryl methyl sites for hydroxylation is 2. The summed E-state index contributed by atoms with van der Waals surface area (Å²) in [6, 6.07) is 9.92. The summed E-state index contributed by atoms with van der Waals surface area (Å²) in [5.41, 5.74) is 2.87. The highest BCUT2D eigenvalue weighted by atomic mass is 32.2. The molecule has 0 saturated heterocycles. The summed E-state index contributed by atoms with van der Waals surface area (Å²) in [4.78, 5) is 18.2. The molecule has 0 fully saturated rings. The molecule has 0 aliphatic carbocycles. The van der Waals surface area contributed by atoms with Gasteiger partial charge in [0.15, 0.2) is 11.6 Å². The number of thiophene rings is 1. The average molecular weight is 343 g/mol. The summed E-state index contributed by atoms with van der Waals surface area (Å²) in [6.07, 6.45) is 0. The van der Waals surface area contributed by atoms with E-state index in [1.165, 1.54) is 11.8 Å². The fraction of sp³-hybridized carbons (Fsp3) is 0.235. The summed E-state index contributed by atoms with van der Waals surface area (Å²) < 4.78 is 0. The minimum Gasteiger partial charge on any atom is -0.293 e. The molecule has 0 saturated carbocycles. The molecule has 2 heterocycles. The van der Waals surface area contributed by atoms with E-state index < -0.39 is 0 Å². The lowest BCUT2D eigenvalue weighted by atomic mass is 10.0. The Kier molecular flexibility index (Phi) is 4.63. The molecular formula is C17H17N3OS2. The zero-order chi connectivity index (χ0) is 16.4. The van der Waals surface area contributed by atoms with Crippen molar-refractivity contribution in [2.45, 2.75) is 31.2 Å². The maximum Gasteiger partial charge on any atom is 0.209 e. The number of aromatic amines is 1. The molecule has 118 valence electrons. The molecule has 23 heavy (non-hydrogen) atoms. The summed E-state index contributed by atoms with van der Waals surface area (Å²) >= 11 is 2.99. The van der Waals surface area contributed by atoms with Crippen molar-refractivity contribution >= 4 is 28.9 Å². The molecule has 0 aliphatic heterocycles. The van der Waals surface area contributed by atoms with Crippen LogP contribution in [0.5, 0.6) is 0 Å². The summed E-state index contributed by atoms with van der Waals surface area (Å²) in [5.74, 6) is 0.854. The number of carbonyl (C=O) groups excluding carboxylic acids is 1. The summed E-state index contributed by atoms with van der Waals surface area (Å²) in [5, 5.41) is 9.50. The molecule has 0 aliphatic rings. The number of Topliss-reactive ketones (excluding diaryl/α,β-unsaturated/α-hetero) is 1. The van der Waals surface area contributed by atoms with E-state index in [9.17, 15) is 4.79 Å². The summed E-state index contributed by atoms with van der Waals surface area (Å²) in [6.45, 7) is 5.86. The second kappa shape index (κ2) is 6.68. The van der Waals surface area contributed by atoms with E-state index in [0.29, 0.717) is 5.16 Å². The van der Waals surface area contributed by atoms with Crippen LogP contribution in [0.25, 0.3) is 10.7 Å². The zero-order valence-corrected chi connectivity index (χ0v) is 14.8. The normalized spacial score (nSPS) is 12.3. The molecular weight excluding hydrogens is 326 g/mol. The molecule has 1 atom stereocenters. The van der Waals surface area contributed by atoms with Crippen molar-refractivity contribution < 1.29 is 4.79 Å². The molecule has 4 nitrogen and oxygen atoms in total. The number of thioether (sulfide) groups is 1. The number of aromatic nitrogens is 3. The average Bonchev–Trinajstić information content (AvgIpc) is 3.19. The number of benzene rings is 1. The fourth-order valence-electron chi connectivity index (χ4n) is 2.25. The highest BCUT2D eigenvalue weighted by Crippen LogP contribution is 2.27. The fourth-order valence-corrected chi connectivity index (χ4v) is 3.71. The van der Waals surface area contributed by atoms with Crippen molar-refractivity contribution in [3.8, 4) is 10.7 Å². The van der Waals surface area contributed by atoms with Crippen molar-refractivity contribution in [3.63, 3.8) is 0 Å². The highest BCUT2D eigenvalue weighted by Gasteiger charge is 2.20. The van der Waals surface area contributed by atoms with Crippen LogP contribution in [-0.4, -0.2) is 26.2 Å². The highest BCUT2D eigenvalue weighted by molar-refractivity contribution is 8.00. The molecule has 0 amide bonds. The SMILES string of the molecule is Cc1ccc(C)c(C(=O)C(C)Sc2n[nH]c(-c3cccs3)n2)c1. The van der Waals surface area contributed by atoms with E-state index in [1.807, 2.05) is 56.5 Å². The van der Waals surface area contributed by atoms with Gasteiger partial charge in [-0.05, 0) is 43.8 Å². The minimum atomic E-state index is -0.234. The van der Waals surface area contributed by atoms with Gasteiger partial charge >= 0.3 is 0 Å². The lowest BCUT2D eigenvalue weighted by Gasteiger charge is -2.11. The number of ketones is 1. The van der Waals surface area contributed by atoms with Gasteiger partial charge in [0, 0.05) is 5.56 Å². The van der Waals surface area contributed by atoms with Crippen LogP contribution < -0.4 is 0 Å². The van der Waals surface area contributed by atoms with E-state index >= 15 is 0 Å². The lowest BCUT2D eigenvalue weighted by Crippen LogP contribution is -2.15. The molecule has 1 aromatic carbocycles. The largest absolute Gasteiger partial charge is 0.293 e. The van der Waals surface area contributed by atoms with Crippen molar-refractivity contribution in [1.29, 1.82) is 0 Å². The van der Waals surface area contributed by atoms with Gasteiger partial charge in [0.05, 0.1) is 10.1 Å². The van der Waals surface area contributed by atoms with Crippen molar-refractivity contribution in [3.05, 3.63) is 52.4 Å². The molecule has 3 aromatic rings. The molecule has 1 unspecified atom stereocenters. The van der Waals surface area contributed by atoms with Gasteiger partial charge in [0.25, 0.3) is 0 Å².